The topological polar surface area (TPSA) is 106 Å². The zero-order valence-electron chi connectivity index (χ0n) is 16.9. The summed E-state index contributed by atoms with van der Waals surface area (Å²) in [5.74, 6) is 0.0136. The summed E-state index contributed by atoms with van der Waals surface area (Å²) in [6.45, 7) is 1.82. The Labute approximate surface area is 176 Å². The number of rotatable bonds is 7. The van der Waals surface area contributed by atoms with Crippen molar-refractivity contribution in [3.8, 4) is 0 Å². The number of aryl methyl sites for hydroxylation is 1. The molecule has 30 heavy (non-hydrogen) atoms. The van der Waals surface area contributed by atoms with E-state index in [2.05, 4.69) is 15.5 Å². The van der Waals surface area contributed by atoms with Crippen LogP contribution in [0.3, 0.4) is 0 Å². The van der Waals surface area contributed by atoms with Gasteiger partial charge in [-0.15, -0.1) is 5.10 Å². The lowest BCUT2D eigenvalue weighted by Crippen LogP contribution is -2.24. The third-order valence-corrected chi connectivity index (χ3v) is 8.13. The first kappa shape index (κ1) is 20.7. The highest BCUT2D eigenvalue weighted by atomic mass is 32.2. The molecule has 4 rings (SSSR count). The van der Waals surface area contributed by atoms with E-state index in [1.54, 1.807) is 36.4 Å². The molecule has 2 atom stereocenters. The molecule has 1 N–H and O–H groups in total. The molecular formula is C22H25N3O4S. The molecule has 2 saturated carbocycles. The summed E-state index contributed by atoms with van der Waals surface area (Å²) in [5.41, 5.74) is 1.49. The maximum atomic E-state index is 13.1. The first-order valence-corrected chi connectivity index (χ1v) is 11.8. The van der Waals surface area contributed by atoms with Gasteiger partial charge in [0.15, 0.2) is 15.7 Å². The van der Waals surface area contributed by atoms with Crippen LogP contribution in [0.15, 0.2) is 41.3 Å². The Kier molecular flexibility index (Phi) is 5.69. The first-order chi connectivity index (χ1) is 14.3. The van der Waals surface area contributed by atoms with Crippen molar-refractivity contribution in [2.45, 2.75) is 61.5 Å². The Hall–Kier alpha value is -2.61. The molecule has 158 valence electrons. The third-order valence-electron chi connectivity index (χ3n) is 5.86. The van der Waals surface area contributed by atoms with E-state index >= 15 is 0 Å². The maximum Gasteiger partial charge on any atom is 0.233 e. The van der Waals surface area contributed by atoms with Gasteiger partial charge in [-0.3, -0.25) is 9.59 Å². The number of benzene rings is 1. The van der Waals surface area contributed by atoms with Gasteiger partial charge in [-0.1, -0.05) is 12.1 Å². The van der Waals surface area contributed by atoms with E-state index in [1.807, 2.05) is 6.92 Å². The van der Waals surface area contributed by atoms with Crippen molar-refractivity contribution in [2.24, 2.45) is 5.92 Å². The predicted octanol–water partition coefficient (Wildman–Crippen LogP) is 3.20. The molecule has 0 bridgehead atoms. The second-order valence-electron chi connectivity index (χ2n) is 8.30. The molecule has 8 heteroatoms. The highest BCUT2D eigenvalue weighted by Gasteiger charge is 2.37. The van der Waals surface area contributed by atoms with Crippen molar-refractivity contribution < 1.29 is 18.0 Å². The summed E-state index contributed by atoms with van der Waals surface area (Å²) in [4.78, 5) is 25.1. The molecule has 7 nitrogen and oxygen atoms in total. The fourth-order valence-electron chi connectivity index (χ4n) is 3.96. The van der Waals surface area contributed by atoms with Gasteiger partial charge in [-0.25, -0.2) is 8.42 Å². The number of amides is 1. The minimum absolute atomic E-state index is 0.146. The number of carbonyl (C=O) groups excluding carboxylic acids is 2. The molecule has 1 unspecified atom stereocenters. The van der Waals surface area contributed by atoms with E-state index in [1.165, 1.54) is 0 Å². The summed E-state index contributed by atoms with van der Waals surface area (Å²) in [6, 6.07) is 10.1. The van der Waals surface area contributed by atoms with Crippen LogP contribution in [0.5, 0.6) is 0 Å². The fourth-order valence-corrected chi connectivity index (χ4v) is 5.62. The Morgan fingerprint density at radius 2 is 1.83 bits per heavy atom. The second kappa shape index (κ2) is 8.26. The van der Waals surface area contributed by atoms with Crippen LogP contribution >= 0.6 is 0 Å². The van der Waals surface area contributed by atoms with Crippen molar-refractivity contribution in [3.63, 3.8) is 0 Å². The first-order valence-electron chi connectivity index (χ1n) is 10.3. The molecule has 0 radical (unpaired) electrons. The molecule has 1 amide bonds. The summed E-state index contributed by atoms with van der Waals surface area (Å²) >= 11 is 0. The molecule has 1 aromatic carbocycles. The van der Waals surface area contributed by atoms with Crippen molar-refractivity contribution in [3.05, 3.63) is 47.7 Å². The Balaban J connectivity index is 1.56. The smallest absolute Gasteiger partial charge is 0.233 e. The Morgan fingerprint density at radius 3 is 2.40 bits per heavy atom. The van der Waals surface area contributed by atoms with Gasteiger partial charge in [-0.2, -0.15) is 5.10 Å². The molecule has 0 aliphatic heterocycles. The van der Waals surface area contributed by atoms with Crippen molar-refractivity contribution >= 4 is 27.3 Å². The molecule has 2 aliphatic rings. The molecule has 0 spiro atoms. The number of hydrogen-bond donors (Lipinski definition) is 1. The largest absolute Gasteiger partial charge is 0.309 e. The molecule has 2 aromatic rings. The lowest BCUT2D eigenvalue weighted by molar-refractivity contribution is -0.119. The molecule has 1 aromatic heterocycles. The number of hydrogen-bond acceptors (Lipinski definition) is 6. The number of aromatic nitrogens is 2. The van der Waals surface area contributed by atoms with Crippen molar-refractivity contribution in [1.82, 2.24) is 10.2 Å². The standard InChI is InChI=1S/C22H25N3O4S/c1-14-2-11-21(25-24-14)23-22(27)20(13-15-3-6-17(26)12-15)16-4-7-18(8-5-16)30(28,29)19-9-10-19/h2,4-5,7-8,11,15,19-20H,3,6,9-10,12-13H2,1H3,(H,23,25,27)/t15?,20-/m1/s1. The van der Waals surface area contributed by atoms with Crippen LogP contribution in [0.2, 0.25) is 0 Å². The quantitative estimate of drug-likeness (QED) is 0.727. The summed E-state index contributed by atoms with van der Waals surface area (Å²) in [6.07, 6.45) is 3.78. The van der Waals surface area contributed by atoms with E-state index < -0.39 is 15.8 Å². The number of nitrogens with zero attached hydrogens (tertiary/aromatic N) is 2. The number of nitrogens with one attached hydrogen (secondary N) is 1. The van der Waals surface area contributed by atoms with Crippen LogP contribution < -0.4 is 5.32 Å². The van der Waals surface area contributed by atoms with Crippen LogP contribution in [0.1, 0.15) is 55.7 Å². The molecule has 1 heterocycles. The van der Waals surface area contributed by atoms with Gasteiger partial charge in [0.2, 0.25) is 5.91 Å². The van der Waals surface area contributed by atoms with Gasteiger partial charge < -0.3 is 5.32 Å². The summed E-state index contributed by atoms with van der Waals surface area (Å²) < 4.78 is 24.9. The molecule has 2 fully saturated rings. The zero-order valence-corrected chi connectivity index (χ0v) is 17.7. The fraction of sp³-hybridized carbons (Fsp3) is 0.455. The van der Waals surface area contributed by atoms with Gasteiger partial charge in [0.25, 0.3) is 0 Å². The van der Waals surface area contributed by atoms with Crippen LogP contribution in [0.4, 0.5) is 5.82 Å². The average Bonchev–Trinajstić information content (AvgIpc) is 3.51. The second-order valence-corrected chi connectivity index (χ2v) is 10.5. The van der Waals surface area contributed by atoms with E-state index in [9.17, 15) is 18.0 Å². The Morgan fingerprint density at radius 1 is 1.10 bits per heavy atom. The minimum Gasteiger partial charge on any atom is -0.309 e. The molecule has 2 aliphatic carbocycles. The van der Waals surface area contributed by atoms with Crippen LogP contribution in [-0.4, -0.2) is 35.6 Å². The highest BCUT2D eigenvalue weighted by molar-refractivity contribution is 7.92. The van der Waals surface area contributed by atoms with Crippen LogP contribution in [-0.2, 0) is 19.4 Å². The van der Waals surface area contributed by atoms with E-state index in [4.69, 9.17) is 0 Å². The predicted molar refractivity (Wildman–Crippen MR) is 112 cm³/mol. The lowest BCUT2D eigenvalue weighted by Gasteiger charge is -2.20. The van der Waals surface area contributed by atoms with Gasteiger partial charge in [0.1, 0.15) is 5.78 Å². The highest BCUT2D eigenvalue weighted by Crippen LogP contribution is 2.36. The van der Waals surface area contributed by atoms with Crippen LogP contribution in [0, 0.1) is 12.8 Å². The third kappa shape index (κ3) is 4.59. The number of carbonyl (C=O) groups is 2. The number of anilines is 1. The lowest BCUT2D eigenvalue weighted by atomic mass is 9.87. The van der Waals surface area contributed by atoms with Gasteiger partial charge in [-0.05, 0) is 68.4 Å². The van der Waals surface area contributed by atoms with E-state index in [0.29, 0.717) is 42.8 Å². The zero-order chi connectivity index (χ0) is 21.3. The van der Waals surface area contributed by atoms with Gasteiger partial charge >= 0.3 is 0 Å². The summed E-state index contributed by atoms with van der Waals surface area (Å²) in [5, 5.41) is 10.5. The van der Waals surface area contributed by atoms with Crippen molar-refractivity contribution in [1.29, 1.82) is 0 Å². The average molecular weight is 428 g/mol. The number of Topliss-reactive ketones (excluding diaryl/α,β-unsaturated/α-hetero) is 1. The maximum absolute atomic E-state index is 13.1. The normalized spacial score (nSPS) is 20.2. The number of ketones is 1. The van der Waals surface area contributed by atoms with Gasteiger partial charge in [0.05, 0.1) is 21.8 Å². The van der Waals surface area contributed by atoms with Gasteiger partial charge in [0, 0.05) is 12.8 Å². The summed E-state index contributed by atoms with van der Waals surface area (Å²) in [7, 11) is -3.27. The Bertz CT molecular complexity index is 1040. The van der Waals surface area contributed by atoms with Crippen LogP contribution in [0.25, 0.3) is 0 Å². The number of sulfone groups is 1. The molecular weight excluding hydrogens is 402 g/mol. The van der Waals surface area contributed by atoms with E-state index in [0.717, 1.165) is 17.7 Å². The SMILES string of the molecule is Cc1ccc(NC(=O)[C@H](CC2CCC(=O)C2)c2ccc(S(=O)(=O)C3CC3)cc2)nn1. The monoisotopic (exact) mass is 427 g/mol. The van der Waals surface area contributed by atoms with Crippen molar-refractivity contribution in [2.75, 3.05) is 5.32 Å². The minimum atomic E-state index is -3.27. The molecule has 0 saturated heterocycles. The van der Waals surface area contributed by atoms with E-state index in [-0.39, 0.29) is 22.9 Å².